The van der Waals surface area contributed by atoms with Crippen LogP contribution in [0.3, 0.4) is 0 Å². The van der Waals surface area contributed by atoms with E-state index in [0.717, 1.165) is 10.4 Å². The maximum Gasteiger partial charge on any atom is 0.337 e. The van der Waals surface area contributed by atoms with Crippen molar-refractivity contribution in [3.8, 4) is 0 Å². The van der Waals surface area contributed by atoms with Gasteiger partial charge in [0, 0.05) is 16.6 Å². The molecule has 0 spiro atoms. The summed E-state index contributed by atoms with van der Waals surface area (Å²) in [5.74, 6) is -0.680. The van der Waals surface area contributed by atoms with Crippen LogP contribution in [0.15, 0.2) is 41.8 Å². The van der Waals surface area contributed by atoms with E-state index in [1.54, 1.807) is 41.7 Å². The van der Waals surface area contributed by atoms with E-state index in [4.69, 9.17) is 0 Å². The first-order valence-electron chi connectivity index (χ1n) is 6.31. The predicted octanol–water partition coefficient (Wildman–Crippen LogP) is 3.50. The first-order valence-corrected chi connectivity index (χ1v) is 7.19. The minimum absolute atomic E-state index is 0.246. The van der Waals surface area contributed by atoms with E-state index >= 15 is 0 Å². The number of carbonyl (C=O) groups is 2. The lowest BCUT2D eigenvalue weighted by atomic mass is 10.2. The van der Waals surface area contributed by atoms with Crippen molar-refractivity contribution in [3.63, 3.8) is 0 Å². The van der Waals surface area contributed by atoms with Crippen molar-refractivity contribution in [3.05, 3.63) is 57.8 Å². The van der Waals surface area contributed by atoms with Crippen molar-refractivity contribution in [1.82, 2.24) is 0 Å². The van der Waals surface area contributed by atoms with Crippen molar-refractivity contribution in [2.75, 3.05) is 12.4 Å². The van der Waals surface area contributed by atoms with E-state index in [1.807, 2.05) is 18.4 Å². The third-order valence-electron chi connectivity index (χ3n) is 2.84. The number of ether oxygens (including phenoxy) is 1. The Morgan fingerprint density at radius 2 is 2.10 bits per heavy atom. The maximum absolute atomic E-state index is 11.9. The van der Waals surface area contributed by atoms with Crippen molar-refractivity contribution in [2.24, 2.45) is 0 Å². The van der Waals surface area contributed by atoms with E-state index in [9.17, 15) is 9.59 Å². The van der Waals surface area contributed by atoms with E-state index in [-0.39, 0.29) is 5.91 Å². The molecule has 0 unspecified atom stereocenters. The number of anilines is 1. The number of amides is 1. The summed E-state index contributed by atoms with van der Waals surface area (Å²) in [5.41, 5.74) is 2.08. The fourth-order valence-corrected chi connectivity index (χ4v) is 2.55. The van der Waals surface area contributed by atoms with Gasteiger partial charge in [0.25, 0.3) is 0 Å². The van der Waals surface area contributed by atoms with Gasteiger partial charge in [-0.3, -0.25) is 4.79 Å². The number of esters is 1. The van der Waals surface area contributed by atoms with Crippen LogP contribution in [-0.4, -0.2) is 19.0 Å². The first-order chi connectivity index (χ1) is 10.1. The molecule has 1 N–H and O–H groups in total. The minimum Gasteiger partial charge on any atom is -0.465 e. The fraction of sp³-hybridized carbons (Fsp3) is 0.125. The first kappa shape index (κ1) is 15.0. The fourth-order valence-electron chi connectivity index (χ4n) is 1.73. The van der Waals surface area contributed by atoms with Gasteiger partial charge in [0.15, 0.2) is 0 Å². The number of aryl methyl sites for hydroxylation is 1. The molecule has 21 heavy (non-hydrogen) atoms. The van der Waals surface area contributed by atoms with Gasteiger partial charge >= 0.3 is 5.97 Å². The Hall–Kier alpha value is -2.40. The third kappa shape index (κ3) is 4.03. The molecule has 0 fully saturated rings. The number of hydrogen-bond donors (Lipinski definition) is 1. The lowest BCUT2D eigenvalue weighted by Crippen LogP contribution is -2.09. The van der Waals surface area contributed by atoms with Crippen LogP contribution in [0.2, 0.25) is 0 Å². The molecule has 108 valence electrons. The van der Waals surface area contributed by atoms with Crippen LogP contribution in [0.25, 0.3) is 6.08 Å². The molecule has 1 aromatic carbocycles. The third-order valence-corrected chi connectivity index (χ3v) is 3.82. The Morgan fingerprint density at radius 1 is 1.29 bits per heavy atom. The van der Waals surface area contributed by atoms with Crippen LogP contribution in [0.1, 0.15) is 20.8 Å². The molecule has 1 aromatic heterocycles. The number of rotatable bonds is 4. The standard InChI is InChI=1S/C16H15NO3S/c1-11-8-9-21-14(11)6-7-15(18)17-13-5-3-4-12(10-13)16(19)20-2/h3-10H,1-2H3,(H,17,18)/b7-6+. The molecule has 0 saturated heterocycles. The highest BCUT2D eigenvalue weighted by Gasteiger charge is 2.06. The molecule has 0 aliphatic rings. The number of methoxy groups -OCH3 is 1. The second-order valence-corrected chi connectivity index (χ2v) is 5.31. The van der Waals surface area contributed by atoms with Crippen molar-refractivity contribution in [1.29, 1.82) is 0 Å². The zero-order chi connectivity index (χ0) is 15.2. The van der Waals surface area contributed by atoms with Crippen molar-refractivity contribution in [2.45, 2.75) is 6.92 Å². The average Bonchev–Trinajstić information content (AvgIpc) is 2.90. The molecule has 0 bridgehead atoms. The van der Waals surface area contributed by atoms with Gasteiger partial charge in [-0.05, 0) is 48.2 Å². The summed E-state index contributed by atoms with van der Waals surface area (Å²) >= 11 is 1.58. The lowest BCUT2D eigenvalue weighted by Gasteiger charge is -2.04. The van der Waals surface area contributed by atoms with Gasteiger partial charge in [-0.1, -0.05) is 6.07 Å². The van der Waals surface area contributed by atoms with Crippen LogP contribution in [0.4, 0.5) is 5.69 Å². The molecule has 1 amide bonds. The summed E-state index contributed by atoms with van der Waals surface area (Å²) in [7, 11) is 1.32. The Morgan fingerprint density at radius 3 is 2.76 bits per heavy atom. The molecule has 2 aromatic rings. The molecule has 4 nitrogen and oxygen atoms in total. The molecular weight excluding hydrogens is 286 g/mol. The smallest absolute Gasteiger partial charge is 0.337 e. The van der Waals surface area contributed by atoms with Gasteiger partial charge in [-0.15, -0.1) is 11.3 Å². The molecule has 0 aliphatic heterocycles. The second kappa shape index (κ2) is 6.85. The number of benzene rings is 1. The van der Waals surface area contributed by atoms with Crippen LogP contribution >= 0.6 is 11.3 Å². The quantitative estimate of drug-likeness (QED) is 0.694. The Kier molecular flexibility index (Phi) is 4.90. The van der Waals surface area contributed by atoms with Gasteiger partial charge in [-0.2, -0.15) is 0 Å². The summed E-state index contributed by atoms with van der Waals surface area (Å²) < 4.78 is 4.64. The van der Waals surface area contributed by atoms with E-state index in [2.05, 4.69) is 10.1 Å². The van der Waals surface area contributed by atoms with Gasteiger partial charge < -0.3 is 10.1 Å². The van der Waals surface area contributed by atoms with E-state index in [1.165, 1.54) is 13.2 Å². The highest BCUT2D eigenvalue weighted by molar-refractivity contribution is 7.11. The number of thiophene rings is 1. The number of hydrogen-bond acceptors (Lipinski definition) is 4. The predicted molar refractivity (Wildman–Crippen MR) is 84.5 cm³/mol. The van der Waals surface area contributed by atoms with Crippen LogP contribution in [-0.2, 0) is 9.53 Å². The maximum atomic E-state index is 11.9. The molecule has 0 atom stereocenters. The molecule has 0 saturated carbocycles. The highest BCUT2D eigenvalue weighted by Crippen LogP contribution is 2.17. The normalized spacial score (nSPS) is 10.6. The lowest BCUT2D eigenvalue weighted by molar-refractivity contribution is -0.111. The average molecular weight is 301 g/mol. The molecular formula is C16H15NO3S. The molecule has 0 aliphatic carbocycles. The van der Waals surface area contributed by atoms with Crippen LogP contribution in [0, 0.1) is 6.92 Å². The summed E-state index contributed by atoms with van der Waals surface area (Å²) in [6, 6.07) is 8.62. The van der Waals surface area contributed by atoms with Crippen molar-refractivity contribution < 1.29 is 14.3 Å². The summed E-state index contributed by atoms with van der Waals surface area (Å²) in [6.07, 6.45) is 3.25. The monoisotopic (exact) mass is 301 g/mol. The Balaban J connectivity index is 2.04. The number of carbonyl (C=O) groups excluding carboxylic acids is 2. The number of nitrogens with one attached hydrogen (secondary N) is 1. The van der Waals surface area contributed by atoms with Gasteiger partial charge in [0.1, 0.15) is 0 Å². The van der Waals surface area contributed by atoms with Crippen LogP contribution in [0.5, 0.6) is 0 Å². The zero-order valence-corrected chi connectivity index (χ0v) is 12.6. The topological polar surface area (TPSA) is 55.4 Å². The van der Waals surface area contributed by atoms with Crippen LogP contribution < -0.4 is 5.32 Å². The molecule has 2 rings (SSSR count). The van der Waals surface area contributed by atoms with Crippen molar-refractivity contribution >= 4 is 35.0 Å². The SMILES string of the molecule is COC(=O)c1cccc(NC(=O)/C=C/c2sccc2C)c1. The van der Waals surface area contributed by atoms with Gasteiger partial charge in [-0.25, -0.2) is 4.79 Å². The largest absolute Gasteiger partial charge is 0.465 e. The molecule has 0 radical (unpaired) electrons. The summed E-state index contributed by atoms with van der Waals surface area (Å²) in [4.78, 5) is 24.3. The van der Waals surface area contributed by atoms with E-state index < -0.39 is 5.97 Å². The zero-order valence-electron chi connectivity index (χ0n) is 11.8. The summed E-state index contributed by atoms with van der Waals surface area (Å²) in [5, 5.41) is 4.69. The molecule has 5 heteroatoms. The Labute approximate surface area is 127 Å². The second-order valence-electron chi connectivity index (χ2n) is 4.36. The van der Waals surface area contributed by atoms with Gasteiger partial charge in [0.05, 0.1) is 12.7 Å². The minimum atomic E-state index is -0.434. The molecule has 1 heterocycles. The summed E-state index contributed by atoms with van der Waals surface area (Å²) in [6.45, 7) is 1.99. The van der Waals surface area contributed by atoms with E-state index in [0.29, 0.717) is 11.3 Å². The Bertz CT molecular complexity index is 688. The highest BCUT2D eigenvalue weighted by atomic mass is 32.1. The van der Waals surface area contributed by atoms with Gasteiger partial charge in [0.2, 0.25) is 5.91 Å².